The molecule has 3 heterocycles. The van der Waals surface area contributed by atoms with E-state index in [1.54, 1.807) is 35.7 Å². The number of ether oxygens (including phenoxy) is 1. The maximum absolute atomic E-state index is 13.0. The number of carbonyl (C=O) groups is 3. The van der Waals surface area contributed by atoms with E-state index in [0.29, 0.717) is 24.2 Å². The summed E-state index contributed by atoms with van der Waals surface area (Å²) in [4.78, 5) is 40.4. The average Bonchev–Trinajstić information content (AvgIpc) is 3.27. The number of hydrogen-bond donors (Lipinski definition) is 0. The lowest BCUT2D eigenvalue weighted by molar-refractivity contribution is -0.158. The maximum atomic E-state index is 13.0. The van der Waals surface area contributed by atoms with Gasteiger partial charge in [0.1, 0.15) is 6.04 Å². The molecule has 0 N–H and O–H groups in total. The number of thioether (sulfide) groups is 1. The van der Waals surface area contributed by atoms with E-state index >= 15 is 0 Å². The van der Waals surface area contributed by atoms with Crippen molar-refractivity contribution in [3.8, 4) is 0 Å². The third-order valence-electron chi connectivity index (χ3n) is 6.59. The molecule has 33 heavy (non-hydrogen) atoms. The summed E-state index contributed by atoms with van der Waals surface area (Å²) in [7, 11) is -3.64. The van der Waals surface area contributed by atoms with E-state index in [9.17, 15) is 22.8 Å². The first kappa shape index (κ1) is 24.0. The average molecular weight is 496 g/mol. The van der Waals surface area contributed by atoms with E-state index in [2.05, 4.69) is 0 Å². The van der Waals surface area contributed by atoms with Gasteiger partial charge in [-0.15, -0.1) is 11.8 Å². The maximum Gasteiger partial charge on any atom is 0.330 e. The zero-order valence-electron chi connectivity index (χ0n) is 19.1. The van der Waals surface area contributed by atoms with Crippen LogP contribution >= 0.6 is 11.8 Å². The van der Waals surface area contributed by atoms with Gasteiger partial charge in [-0.25, -0.2) is 13.2 Å². The standard InChI is InChI=1S/C22H29N3O6S2/c1-15-4-5-18(16(2)12-15)33(29,30)24-10-8-23(9-11-24)20(27)13-31-21(28)17-14-32-22(3)7-6-19(26)25(17)22/h4-5,12,17H,6-11,13-14H2,1-3H3/t17-,22-/m0/s1. The van der Waals surface area contributed by atoms with Crippen molar-refractivity contribution in [2.75, 3.05) is 38.5 Å². The Bertz CT molecular complexity index is 1080. The summed E-state index contributed by atoms with van der Waals surface area (Å²) in [6, 6.07) is 4.56. The first-order chi connectivity index (χ1) is 15.5. The fraction of sp³-hybridized carbons (Fsp3) is 0.591. The molecule has 9 nitrogen and oxygen atoms in total. The summed E-state index contributed by atoms with van der Waals surface area (Å²) < 4.78 is 32.7. The summed E-state index contributed by atoms with van der Waals surface area (Å²) >= 11 is 1.57. The number of hydrogen-bond acceptors (Lipinski definition) is 7. The van der Waals surface area contributed by atoms with E-state index in [0.717, 1.165) is 5.56 Å². The van der Waals surface area contributed by atoms with Crippen molar-refractivity contribution in [1.29, 1.82) is 0 Å². The molecule has 0 saturated carbocycles. The van der Waals surface area contributed by atoms with E-state index in [-0.39, 0.29) is 47.8 Å². The van der Waals surface area contributed by atoms with Gasteiger partial charge in [-0.1, -0.05) is 17.7 Å². The van der Waals surface area contributed by atoms with E-state index < -0.39 is 28.6 Å². The van der Waals surface area contributed by atoms with Gasteiger partial charge in [0.05, 0.1) is 9.77 Å². The highest BCUT2D eigenvalue weighted by Gasteiger charge is 2.53. The Labute approximate surface area is 198 Å². The van der Waals surface area contributed by atoms with Crippen molar-refractivity contribution in [1.82, 2.24) is 14.1 Å². The van der Waals surface area contributed by atoms with Gasteiger partial charge in [0.25, 0.3) is 5.91 Å². The Morgan fingerprint density at radius 3 is 2.55 bits per heavy atom. The molecule has 0 radical (unpaired) electrons. The van der Waals surface area contributed by atoms with Crippen LogP contribution in [0.5, 0.6) is 0 Å². The Morgan fingerprint density at radius 2 is 1.88 bits per heavy atom. The summed E-state index contributed by atoms with van der Waals surface area (Å²) in [6.45, 7) is 6.02. The normalized spacial score (nSPS) is 25.9. The molecule has 3 fully saturated rings. The zero-order valence-corrected chi connectivity index (χ0v) is 20.7. The predicted octanol–water partition coefficient (Wildman–Crippen LogP) is 1.13. The molecule has 4 rings (SSSR count). The van der Waals surface area contributed by atoms with E-state index in [1.165, 1.54) is 9.21 Å². The third kappa shape index (κ3) is 4.50. The van der Waals surface area contributed by atoms with Gasteiger partial charge in [0.15, 0.2) is 6.61 Å². The second-order valence-corrected chi connectivity index (χ2v) is 12.3. The Balaban J connectivity index is 1.30. The van der Waals surface area contributed by atoms with Gasteiger partial charge in [-0.2, -0.15) is 4.31 Å². The topological polar surface area (TPSA) is 104 Å². The zero-order chi connectivity index (χ0) is 24.0. The lowest BCUT2D eigenvalue weighted by Crippen LogP contribution is -2.52. The molecule has 2 amide bonds. The summed E-state index contributed by atoms with van der Waals surface area (Å²) in [6.07, 6.45) is 1.12. The second-order valence-electron chi connectivity index (χ2n) is 8.93. The lowest BCUT2D eigenvalue weighted by Gasteiger charge is -2.34. The molecule has 11 heteroatoms. The van der Waals surface area contributed by atoms with Crippen molar-refractivity contribution in [2.24, 2.45) is 0 Å². The SMILES string of the molecule is Cc1ccc(S(=O)(=O)N2CCN(C(=O)COC(=O)[C@@H]3CS[C@@]4(C)CCC(=O)N34)CC2)c(C)c1. The van der Waals surface area contributed by atoms with Crippen molar-refractivity contribution >= 4 is 39.6 Å². The second kappa shape index (κ2) is 8.92. The molecule has 3 aliphatic heterocycles. The van der Waals surface area contributed by atoms with Crippen LogP contribution in [0.3, 0.4) is 0 Å². The number of aryl methyl sites for hydroxylation is 2. The predicted molar refractivity (Wildman–Crippen MR) is 123 cm³/mol. The number of amides is 2. The summed E-state index contributed by atoms with van der Waals surface area (Å²) in [5.74, 6) is -0.527. The number of fused-ring (bicyclic) bond motifs is 1. The van der Waals surface area contributed by atoms with Crippen LogP contribution in [0.2, 0.25) is 0 Å². The number of esters is 1. The van der Waals surface area contributed by atoms with Gasteiger partial charge < -0.3 is 14.5 Å². The van der Waals surface area contributed by atoms with Crippen molar-refractivity contribution in [3.63, 3.8) is 0 Å². The molecule has 0 unspecified atom stereocenters. The quantitative estimate of drug-likeness (QED) is 0.564. The van der Waals surface area contributed by atoms with Gasteiger partial charge in [-0.3, -0.25) is 9.59 Å². The minimum atomic E-state index is -3.64. The van der Waals surface area contributed by atoms with Crippen LogP contribution in [0.15, 0.2) is 23.1 Å². The fourth-order valence-electron chi connectivity index (χ4n) is 4.72. The van der Waals surface area contributed by atoms with Crippen LogP contribution in [0.4, 0.5) is 0 Å². The van der Waals surface area contributed by atoms with Crippen molar-refractivity contribution in [2.45, 2.75) is 49.4 Å². The highest BCUT2D eigenvalue weighted by atomic mass is 32.2. The number of nitrogens with zero attached hydrogens (tertiary/aromatic N) is 3. The van der Waals surface area contributed by atoms with Crippen LogP contribution in [0, 0.1) is 13.8 Å². The minimum Gasteiger partial charge on any atom is -0.454 e. The van der Waals surface area contributed by atoms with Crippen LogP contribution in [-0.4, -0.2) is 89.8 Å². The molecule has 0 bridgehead atoms. The molecular formula is C22H29N3O6S2. The molecule has 3 saturated heterocycles. The molecule has 1 aromatic carbocycles. The molecule has 180 valence electrons. The van der Waals surface area contributed by atoms with Crippen LogP contribution in [0.25, 0.3) is 0 Å². The molecule has 0 aliphatic carbocycles. The molecule has 3 aliphatic rings. The van der Waals surface area contributed by atoms with Gasteiger partial charge in [-0.05, 0) is 38.8 Å². The first-order valence-electron chi connectivity index (χ1n) is 11.0. The number of sulfonamides is 1. The Kier molecular flexibility index (Phi) is 6.49. The largest absolute Gasteiger partial charge is 0.454 e. The summed E-state index contributed by atoms with van der Waals surface area (Å²) in [5.41, 5.74) is 1.68. The summed E-state index contributed by atoms with van der Waals surface area (Å²) in [5, 5.41) is 0. The number of benzene rings is 1. The Hall–Kier alpha value is -2.11. The number of carbonyl (C=O) groups excluding carboxylic acids is 3. The van der Waals surface area contributed by atoms with Crippen LogP contribution in [0.1, 0.15) is 30.9 Å². The molecule has 2 atom stereocenters. The first-order valence-corrected chi connectivity index (χ1v) is 13.4. The van der Waals surface area contributed by atoms with Crippen LogP contribution < -0.4 is 0 Å². The fourth-order valence-corrected chi connectivity index (χ4v) is 7.77. The van der Waals surface area contributed by atoms with E-state index in [1.807, 2.05) is 19.9 Å². The highest BCUT2D eigenvalue weighted by molar-refractivity contribution is 8.01. The van der Waals surface area contributed by atoms with Crippen LogP contribution in [-0.2, 0) is 29.1 Å². The van der Waals surface area contributed by atoms with Gasteiger partial charge >= 0.3 is 5.97 Å². The third-order valence-corrected chi connectivity index (χ3v) is 10.2. The molecule has 0 aromatic heterocycles. The Morgan fingerprint density at radius 1 is 1.18 bits per heavy atom. The number of piperazine rings is 1. The minimum absolute atomic E-state index is 0.0584. The highest BCUT2D eigenvalue weighted by Crippen LogP contribution is 2.47. The van der Waals surface area contributed by atoms with Gasteiger partial charge in [0.2, 0.25) is 15.9 Å². The molecular weight excluding hydrogens is 466 g/mol. The molecule has 0 spiro atoms. The lowest BCUT2D eigenvalue weighted by atomic mass is 10.2. The van der Waals surface area contributed by atoms with Crippen molar-refractivity contribution < 1.29 is 27.5 Å². The smallest absolute Gasteiger partial charge is 0.330 e. The van der Waals surface area contributed by atoms with E-state index in [4.69, 9.17) is 4.74 Å². The monoisotopic (exact) mass is 495 g/mol. The van der Waals surface area contributed by atoms with Gasteiger partial charge in [0, 0.05) is 38.4 Å². The molecule has 1 aromatic rings. The van der Waals surface area contributed by atoms with Crippen molar-refractivity contribution in [3.05, 3.63) is 29.3 Å². The number of rotatable bonds is 5.